The average molecular weight is 419 g/mol. The highest BCUT2D eigenvalue weighted by molar-refractivity contribution is 5.23. The molecule has 0 aliphatic rings. The number of hydrogen-bond acceptors (Lipinski definition) is 0. The summed E-state index contributed by atoms with van der Waals surface area (Å²) >= 11 is 0. The van der Waals surface area contributed by atoms with E-state index >= 15 is 0 Å². The summed E-state index contributed by atoms with van der Waals surface area (Å²) in [6, 6.07) is 26.2. The summed E-state index contributed by atoms with van der Waals surface area (Å²) in [6.07, 6.45) is 7.36. The molecule has 3 rings (SSSR count). The molecule has 0 N–H and O–H groups in total. The van der Waals surface area contributed by atoms with Crippen LogP contribution in [0.4, 0.5) is 0 Å². The molecule has 3 aromatic rings. The van der Waals surface area contributed by atoms with Crippen molar-refractivity contribution in [2.45, 2.75) is 87.5 Å². The second kappa shape index (κ2) is 17.4. The van der Waals surface area contributed by atoms with Gasteiger partial charge in [0.05, 0.1) is 0 Å². The SMILES string of the molecule is C.CCCc1ccc(C)cc1.CCCc1ccc(CCC)cc1.Cc1cccc(C)c1. The van der Waals surface area contributed by atoms with Crippen molar-refractivity contribution >= 4 is 0 Å². The lowest BCUT2D eigenvalue weighted by atomic mass is 10.1. The maximum absolute atomic E-state index is 2.26. The van der Waals surface area contributed by atoms with Gasteiger partial charge < -0.3 is 0 Å². The van der Waals surface area contributed by atoms with Crippen LogP contribution in [0.1, 0.15) is 80.8 Å². The fourth-order valence-electron chi connectivity index (χ4n) is 3.30. The van der Waals surface area contributed by atoms with E-state index < -0.39 is 0 Å². The van der Waals surface area contributed by atoms with Crippen molar-refractivity contribution in [1.29, 1.82) is 0 Å². The molecule has 0 atom stereocenters. The van der Waals surface area contributed by atoms with Crippen molar-refractivity contribution in [3.05, 3.63) is 106 Å². The largest absolute Gasteiger partial charge is 0.0776 e. The molecule has 0 bridgehead atoms. The van der Waals surface area contributed by atoms with Crippen LogP contribution in [0.5, 0.6) is 0 Å². The second-order valence-corrected chi connectivity index (χ2v) is 8.21. The molecule has 0 heteroatoms. The quantitative estimate of drug-likeness (QED) is 0.374. The molecule has 0 fully saturated rings. The summed E-state index contributed by atoms with van der Waals surface area (Å²) in [7, 11) is 0. The Morgan fingerprint density at radius 2 is 0.774 bits per heavy atom. The van der Waals surface area contributed by atoms with Crippen molar-refractivity contribution in [3.63, 3.8) is 0 Å². The van der Waals surface area contributed by atoms with Crippen LogP contribution in [0.3, 0.4) is 0 Å². The van der Waals surface area contributed by atoms with E-state index in [-0.39, 0.29) is 7.43 Å². The molecule has 0 heterocycles. The number of rotatable bonds is 6. The van der Waals surface area contributed by atoms with E-state index in [1.54, 1.807) is 0 Å². The van der Waals surface area contributed by atoms with Crippen LogP contribution in [0.15, 0.2) is 72.8 Å². The molecular weight excluding hydrogens is 372 g/mol. The lowest BCUT2D eigenvalue weighted by Crippen LogP contribution is -1.85. The van der Waals surface area contributed by atoms with Gasteiger partial charge in [0.25, 0.3) is 0 Å². The van der Waals surface area contributed by atoms with Crippen LogP contribution in [-0.4, -0.2) is 0 Å². The van der Waals surface area contributed by atoms with E-state index in [1.807, 2.05) is 0 Å². The second-order valence-electron chi connectivity index (χ2n) is 8.21. The highest BCUT2D eigenvalue weighted by Gasteiger charge is 1.92. The fourth-order valence-corrected chi connectivity index (χ4v) is 3.30. The van der Waals surface area contributed by atoms with Crippen LogP contribution >= 0.6 is 0 Å². The van der Waals surface area contributed by atoms with Crippen molar-refractivity contribution < 1.29 is 0 Å². The zero-order chi connectivity index (χ0) is 22.2. The van der Waals surface area contributed by atoms with Crippen LogP contribution < -0.4 is 0 Å². The summed E-state index contributed by atoms with van der Waals surface area (Å²) in [5.41, 5.74) is 8.41. The Labute approximate surface area is 193 Å². The Morgan fingerprint density at radius 3 is 1.03 bits per heavy atom. The lowest BCUT2D eigenvalue weighted by Gasteiger charge is -2.01. The lowest BCUT2D eigenvalue weighted by molar-refractivity contribution is 0.904. The fraction of sp³-hybridized carbons (Fsp3) is 0.419. The summed E-state index contributed by atoms with van der Waals surface area (Å²) in [5, 5.41) is 0. The first-order chi connectivity index (χ1) is 14.5. The molecule has 0 saturated carbocycles. The van der Waals surface area contributed by atoms with Gasteiger partial charge in [-0.25, -0.2) is 0 Å². The molecule has 0 nitrogen and oxygen atoms in total. The Hall–Kier alpha value is -2.34. The van der Waals surface area contributed by atoms with Crippen molar-refractivity contribution in [3.8, 4) is 0 Å². The summed E-state index contributed by atoms with van der Waals surface area (Å²) in [6.45, 7) is 13.0. The third-order valence-electron chi connectivity index (χ3n) is 4.93. The highest BCUT2D eigenvalue weighted by Crippen LogP contribution is 2.08. The maximum Gasteiger partial charge on any atom is -0.0281 e. The van der Waals surface area contributed by atoms with Crippen molar-refractivity contribution in [1.82, 2.24) is 0 Å². The van der Waals surface area contributed by atoms with Crippen LogP contribution in [0, 0.1) is 20.8 Å². The molecule has 0 aliphatic heterocycles. The topological polar surface area (TPSA) is 0 Å². The predicted octanol–water partition coefficient (Wildman–Crippen LogP) is 9.48. The first-order valence-corrected chi connectivity index (χ1v) is 11.6. The Balaban J connectivity index is 0.000000437. The van der Waals surface area contributed by atoms with Gasteiger partial charge in [-0.3, -0.25) is 0 Å². The van der Waals surface area contributed by atoms with E-state index in [1.165, 1.54) is 71.9 Å². The molecule has 0 spiro atoms. The maximum atomic E-state index is 2.26. The van der Waals surface area contributed by atoms with Gasteiger partial charge in [0.15, 0.2) is 0 Å². The molecule has 0 saturated heterocycles. The average Bonchev–Trinajstić information content (AvgIpc) is 2.73. The third-order valence-corrected chi connectivity index (χ3v) is 4.93. The summed E-state index contributed by atoms with van der Waals surface area (Å²) in [5.74, 6) is 0. The normalized spacial score (nSPS) is 9.48. The molecule has 0 aromatic heterocycles. The monoisotopic (exact) mass is 418 g/mol. The minimum Gasteiger partial charge on any atom is -0.0776 e. The first kappa shape index (κ1) is 28.7. The number of aryl methyl sites for hydroxylation is 6. The van der Waals surface area contributed by atoms with Gasteiger partial charge in [-0.1, -0.05) is 137 Å². The van der Waals surface area contributed by atoms with E-state index in [0.717, 1.165) is 0 Å². The summed E-state index contributed by atoms with van der Waals surface area (Å²) < 4.78 is 0. The molecule has 0 amide bonds. The Kier molecular flexibility index (Phi) is 16.0. The van der Waals surface area contributed by atoms with Gasteiger partial charge in [0, 0.05) is 0 Å². The Morgan fingerprint density at radius 1 is 0.452 bits per heavy atom. The first-order valence-electron chi connectivity index (χ1n) is 11.6. The van der Waals surface area contributed by atoms with Gasteiger partial charge >= 0.3 is 0 Å². The highest BCUT2D eigenvalue weighted by atomic mass is 14.0. The van der Waals surface area contributed by atoms with Gasteiger partial charge in [-0.15, -0.1) is 0 Å². The third kappa shape index (κ3) is 13.6. The molecule has 0 aliphatic carbocycles. The number of hydrogen-bond donors (Lipinski definition) is 0. The van der Waals surface area contributed by atoms with E-state index in [4.69, 9.17) is 0 Å². The molecular formula is C31H46. The van der Waals surface area contributed by atoms with Crippen molar-refractivity contribution in [2.24, 2.45) is 0 Å². The number of benzene rings is 3. The minimum atomic E-state index is 0. The standard InChI is InChI=1S/C12H18.C10H14.C8H10.CH4/c1-3-5-11-7-9-12(6-4-2)10-8-11;1-3-4-10-7-5-9(2)6-8-10;1-7-4-3-5-8(2)6-7;/h7-10H,3-6H2,1-2H3;5-8H,3-4H2,1-2H3;3-6H,1-2H3;1H4. The molecule has 31 heavy (non-hydrogen) atoms. The zero-order valence-corrected chi connectivity index (χ0v) is 20.2. The van der Waals surface area contributed by atoms with Gasteiger partial charge in [0.2, 0.25) is 0 Å². The van der Waals surface area contributed by atoms with Gasteiger partial charge in [-0.05, 0) is 56.7 Å². The van der Waals surface area contributed by atoms with Gasteiger partial charge in [-0.2, -0.15) is 0 Å². The Bertz CT molecular complexity index is 752. The smallest absolute Gasteiger partial charge is 0.0281 e. The van der Waals surface area contributed by atoms with E-state index in [0.29, 0.717) is 0 Å². The summed E-state index contributed by atoms with van der Waals surface area (Å²) in [4.78, 5) is 0. The van der Waals surface area contributed by atoms with E-state index in [9.17, 15) is 0 Å². The van der Waals surface area contributed by atoms with E-state index in [2.05, 4.69) is 114 Å². The van der Waals surface area contributed by atoms with Gasteiger partial charge in [0.1, 0.15) is 0 Å². The zero-order valence-electron chi connectivity index (χ0n) is 20.2. The van der Waals surface area contributed by atoms with Crippen LogP contribution in [0.2, 0.25) is 0 Å². The minimum absolute atomic E-state index is 0. The molecule has 0 unspecified atom stereocenters. The molecule has 3 aromatic carbocycles. The molecule has 170 valence electrons. The van der Waals surface area contributed by atoms with Crippen LogP contribution in [-0.2, 0) is 19.3 Å². The molecule has 0 radical (unpaired) electrons. The predicted molar refractivity (Wildman–Crippen MR) is 142 cm³/mol. The van der Waals surface area contributed by atoms with Crippen LogP contribution in [0.25, 0.3) is 0 Å². The van der Waals surface area contributed by atoms with Crippen molar-refractivity contribution in [2.75, 3.05) is 0 Å².